The highest BCUT2D eigenvalue weighted by molar-refractivity contribution is 6.30. The van der Waals surface area contributed by atoms with Crippen molar-refractivity contribution in [2.75, 3.05) is 10.6 Å². The second-order valence-corrected chi connectivity index (χ2v) is 7.26. The summed E-state index contributed by atoms with van der Waals surface area (Å²) in [5.74, 6) is 0.469. The van der Waals surface area contributed by atoms with E-state index in [0.29, 0.717) is 22.5 Å². The topological polar surface area (TPSA) is 62.7 Å². The number of halogens is 2. The number of nitrogens with zero attached hydrogens (tertiary/aromatic N) is 3. The molecule has 0 aliphatic carbocycles. The Morgan fingerprint density at radius 3 is 2.58 bits per heavy atom. The Labute approximate surface area is 156 Å². The van der Waals surface area contributed by atoms with E-state index in [1.807, 2.05) is 32.9 Å². The molecule has 2 heterocycles. The van der Waals surface area contributed by atoms with Crippen molar-refractivity contribution < 1.29 is 4.39 Å². The molecule has 0 amide bonds. The molecule has 0 unspecified atom stereocenters. The maximum Gasteiger partial charge on any atom is 0.225 e. The van der Waals surface area contributed by atoms with Crippen LogP contribution in [0.4, 0.5) is 21.8 Å². The first-order valence-electron chi connectivity index (χ1n) is 8.10. The van der Waals surface area contributed by atoms with Crippen molar-refractivity contribution >= 4 is 29.1 Å². The van der Waals surface area contributed by atoms with Crippen molar-refractivity contribution in [1.82, 2.24) is 15.0 Å². The van der Waals surface area contributed by atoms with E-state index in [2.05, 4.69) is 25.6 Å². The van der Waals surface area contributed by atoms with E-state index in [4.69, 9.17) is 11.6 Å². The molecule has 134 valence electrons. The molecule has 0 atom stereocenters. The highest BCUT2D eigenvalue weighted by Crippen LogP contribution is 2.27. The number of hydrogen-bond acceptors (Lipinski definition) is 5. The minimum absolute atomic E-state index is 0.230. The number of aromatic nitrogens is 3. The molecule has 3 rings (SSSR count). The SMILES string of the molecule is CC(C)(C)Nc1nc(Nc2cc(Cl)ccc2F)cc(-c2cccnc2)n1. The molecule has 0 radical (unpaired) electrons. The van der Waals surface area contributed by atoms with Gasteiger partial charge in [0.15, 0.2) is 0 Å². The largest absolute Gasteiger partial charge is 0.350 e. The average molecular weight is 372 g/mol. The van der Waals surface area contributed by atoms with Crippen molar-refractivity contribution in [3.63, 3.8) is 0 Å². The Morgan fingerprint density at radius 2 is 1.88 bits per heavy atom. The number of nitrogens with one attached hydrogen (secondary N) is 2. The van der Waals surface area contributed by atoms with Crippen LogP contribution in [0.3, 0.4) is 0 Å². The van der Waals surface area contributed by atoms with Gasteiger partial charge in [-0.1, -0.05) is 11.6 Å². The Balaban J connectivity index is 2.03. The van der Waals surface area contributed by atoms with Gasteiger partial charge in [0.05, 0.1) is 11.4 Å². The Hall–Kier alpha value is -2.73. The fraction of sp³-hybridized carbons (Fsp3) is 0.211. The predicted molar refractivity (Wildman–Crippen MR) is 103 cm³/mol. The van der Waals surface area contributed by atoms with E-state index in [1.54, 1.807) is 18.5 Å². The fourth-order valence-corrected chi connectivity index (χ4v) is 2.47. The zero-order chi connectivity index (χ0) is 18.7. The van der Waals surface area contributed by atoms with Crippen LogP contribution in [-0.4, -0.2) is 20.5 Å². The van der Waals surface area contributed by atoms with Gasteiger partial charge in [-0.25, -0.2) is 9.37 Å². The molecule has 0 saturated carbocycles. The van der Waals surface area contributed by atoms with Gasteiger partial charge < -0.3 is 10.6 Å². The smallest absolute Gasteiger partial charge is 0.225 e. The number of benzene rings is 1. The minimum atomic E-state index is -0.415. The van der Waals surface area contributed by atoms with Crippen LogP contribution in [-0.2, 0) is 0 Å². The molecule has 0 saturated heterocycles. The quantitative estimate of drug-likeness (QED) is 0.652. The van der Waals surface area contributed by atoms with Gasteiger partial charge in [-0.05, 0) is 51.1 Å². The summed E-state index contributed by atoms with van der Waals surface area (Å²) in [7, 11) is 0. The van der Waals surface area contributed by atoms with Crippen LogP contribution in [0, 0.1) is 5.82 Å². The second-order valence-electron chi connectivity index (χ2n) is 6.83. The lowest BCUT2D eigenvalue weighted by atomic mass is 10.1. The van der Waals surface area contributed by atoms with Crippen molar-refractivity contribution in [2.24, 2.45) is 0 Å². The standard InChI is InChI=1S/C19H19ClFN5/c1-19(2,3)26-18-24-15(12-5-4-8-22-11-12)10-17(25-18)23-16-9-13(20)6-7-14(16)21/h4-11H,1-3H3,(H2,23,24,25,26). The Kier molecular flexibility index (Phi) is 5.04. The van der Waals surface area contributed by atoms with Gasteiger partial charge in [-0.3, -0.25) is 4.98 Å². The van der Waals surface area contributed by atoms with Gasteiger partial charge in [0.2, 0.25) is 5.95 Å². The summed E-state index contributed by atoms with van der Waals surface area (Å²) in [4.78, 5) is 13.1. The maximum atomic E-state index is 14.1. The molecular formula is C19H19ClFN5. The zero-order valence-electron chi connectivity index (χ0n) is 14.7. The molecule has 0 spiro atoms. The molecule has 0 fully saturated rings. The van der Waals surface area contributed by atoms with Crippen LogP contribution in [0.1, 0.15) is 20.8 Å². The molecule has 3 aromatic rings. The first-order chi connectivity index (χ1) is 12.3. The normalized spacial score (nSPS) is 11.3. The van der Waals surface area contributed by atoms with Crippen LogP contribution in [0.25, 0.3) is 11.3 Å². The summed E-state index contributed by atoms with van der Waals surface area (Å²) in [5.41, 5.74) is 1.52. The summed E-state index contributed by atoms with van der Waals surface area (Å²) in [6.45, 7) is 6.03. The summed E-state index contributed by atoms with van der Waals surface area (Å²) in [6, 6.07) is 9.79. The summed E-state index contributed by atoms with van der Waals surface area (Å²) in [6.07, 6.45) is 3.41. The average Bonchev–Trinajstić information content (AvgIpc) is 2.57. The molecule has 5 nitrogen and oxygen atoms in total. The lowest BCUT2D eigenvalue weighted by Crippen LogP contribution is -2.27. The van der Waals surface area contributed by atoms with Gasteiger partial charge in [0.1, 0.15) is 11.6 Å². The number of anilines is 3. The molecular weight excluding hydrogens is 353 g/mol. The second kappa shape index (κ2) is 7.25. The van der Waals surface area contributed by atoms with Crippen molar-refractivity contribution in [3.8, 4) is 11.3 Å². The van der Waals surface area contributed by atoms with Gasteiger partial charge >= 0.3 is 0 Å². The first-order valence-corrected chi connectivity index (χ1v) is 8.48. The third kappa shape index (κ3) is 4.67. The Bertz CT molecular complexity index is 910. The summed E-state index contributed by atoms with van der Waals surface area (Å²) in [5, 5.41) is 6.65. The van der Waals surface area contributed by atoms with Gasteiger partial charge in [-0.15, -0.1) is 0 Å². The molecule has 1 aromatic carbocycles. The third-order valence-corrected chi connectivity index (χ3v) is 3.60. The third-order valence-electron chi connectivity index (χ3n) is 3.36. The molecule has 0 aliphatic heterocycles. The summed E-state index contributed by atoms with van der Waals surface area (Å²) >= 11 is 5.97. The predicted octanol–water partition coefficient (Wildman–Crippen LogP) is 5.29. The lowest BCUT2D eigenvalue weighted by molar-refractivity contribution is 0.625. The Morgan fingerprint density at radius 1 is 1.08 bits per heavy atom. The van der Waals surface area contributed by atoms with Crippen molar-refractivity contribution in [3.05, 3.63) is 59.6 Å². The number of rotatable bonds is 4. The van der Waals surface area contributed by atoms with Crippen LogP contribution in [0.15, 0.2) is 48.8 Å². The fourth-order valence-electron chi connectivity index (χ4n) is 2.30. The van der Waals surface area contributed by atoms with E-state index >= 15 is 0 Å². The minimum Gasteiger partial charge on any atom is -0.350 e. The van der Waals surface area contributed by atoms with E-state index in [-0.39, 0.29) is 11.2 Å². The monoisotopic (exact) mass is 371 g/mol. The molecule has 0 bridgehead atoms. The van der Waals surface area contributed by atoms with Crippen molar-refractivity contribution in [2.45, 2.75) is 26.3 Å². The van der Waals surface area contributed by atoms with Gasteiger partial charge in [0, 0.05) is 34.6 Å². The number of pyridine rings is 1. The van der Waals surface area contributed by atoms with E-state index in [9.17, 15) is 4.39 Å². The first kappa shape index (κ1) is 18.1. The highest BCUT2D eigenvalue weighted by atomic mass is 35.5. The van der Waals surface area contributed by atoms with E-state index < -0.39 is 5.82 Å². The molecule has 0 aliphatic rings. The van der Waals surface area contributed by atoms with Crippen LogP contribution in [0.5, 0.6) is 0 Å². The zero-order valence-corrected chi connectivity index (χ0v) is 15.5. The lowest BCUT2D eigenvalue weighted by Gasteiger charge is -2.21. The van der Waals surface area contributed by atoms with Gasteiger partial charge in [-0.2, -0.15) is 4.98 Å². The van der Waals surface area contributed by atoms with E-state index in [0.717, 1.165) is 5.56 Å². The van der Waals surface area contributed by atoms with Crippen LogP contribution in [0.2, 0.25) is 5.02 Å². The maximum absolute atomic E-state index is 14.1. The van der Waals surface area contributed by atoms with Crippen molar-refractivity contribution in [1.29, 1.82) is 0 Å². The highest BCUT2D eigenvalue weighted by Gasteiger charge is 2.15. The molecule has 2 N–H and O–H groups in total. The number of hydrogen-bond donors (Lipinski definition) is 2. The van der Waals surface area contributed by atoms with E-state index in [1.165, 1.54) is 18.2 Å². The summed E-state index contributed by atoms with van der Waals surface area (Å²) < 4.78 is 14.1. The van der Waals surface area contributed by atoms with Crippen LogP contribution < -0.4 is 10.6 Å². The molecule has 26 heavy (non-hydrogen) atoms. The molecule has 2 aromatic heterocycles. The van der Waals surface area contributed by atoms with Gasteiger partial charge in [0.25, 0.3) is 0 Å². The van der Waals surface area contributed by atoms with Crippen LogP contribution >= 0.6 is 11.6 Å². The molecule has 7 heteroatoms.